The predicted octanol–water partition coefficient (Wildman–Crippen LogP) is 0.925. The van der Waals surface area contributed by atoms with E-state index in [0.717, 1.165) is 11.1 Å². The molecule has 3 aliphatic rings. The second-order valence-electron chi connectivity index (χ2n) is 8.63. The Bertz CT molecular complexity index is 976. The predicted molar refractivity (Wildman–Crippen MR) is 110 cm³/mol. The minimum Gasteiger partial charge on any atom is -0.481 e. The van der Waals surface area contributed by atoms with Gasteiger partial charge in [-0.15, -0.1) is 0 Å². The van der Waals surface area contributed by atoms with E-state index >= 15 is 0 Å². The molecule has 3 N–H and O–H groups in total. The number of aryl methyl sites for hydroxylation is 2. The van der Waals surface area contributed by atoms with Crippen molar-refractivity contribution >= 4 is 29.4 Å². The van der Waals surface area contributed by atoms with Crippen LogP contribution >= 0.6 is 0 Å². The Hall–Kier alpha value is -2.78. The normalized spacial score (nSPS) is 28.9. The van der Waals surface area contributed by atoms with Gasteiger partial charge in [0.05, 0.1) is 11.8 Å². The van der Waals surface area contributed by atoms with Gasteiger partial charge in [-0.05, 0) is 32.3 Å². The number of rotatable bonds is 7. The zero-order chi connectivity index (χ0) is 22.5. The molecule has 31 heavy (non-hydrogen) atoms. The highest BCUT2D eigenvalue weighted by Crippen LogP contribution is 2.54. The highest BCUT2D eigenvalue weighted by atomic mass is 16.5. The summed E-state index contributed by atoms with van der Waals surface area (Å²) in [6.07, 6.45) is 0.481. The number of nitrogens with zero attached hydrogens (tertiary/aromatic N) is 1. The van der Waals surface area contributed by atoms with Gasteiger partial charge in [-0.3, -0.25) is 29.4 Å². The van der Waals surface area contributed by atoms with Crippen molar-refractivity contribution < 1.29 is 29.0 Å². The maximum atomic E-state index is 13.5. The molecular formula is C22H27N3O6. The molecule has 0 bridgehead atoms. The molecule has 4 atom stereocenters. The summed E-state index contributed by atoms with van der Waals surface area (Å²) in [7, 11) is 1.55. The summed E-state index contributed by atoms with van der Waals surface area (Å²) in [5.74, 6) is -3.80. The van der Waals surface area contributed by atoms with Gasteiger partial charge >= 0.3 is 5.97 Å². The lowest BCUT2D eigenvalue weighted by Crippen LogP contribution is -2.53. The Morgan fingerprint density at radius 1 is 1.23 bits per heavy atom. The number of nitrogens with one attached hydrogen (secondary N) is 2. The number of methoxy groups -OCH3 is 1. The van der Waals surface area contributed by atoms with E-state index in [4.69, 9.17) is 4.74 Å². The summed E-state index contributed by atoms with van der Waals surface area (Å²) in [6, 6.07) is 3.22. The average molecular weight is 429 g/mol. The van der Waals surface area contributed by atoms with E-state index in [1.165, 1.54) is 4.90 Å². The summed E-state index contributed by atoms with van der Waals surface area (Å²) in [5, 5.41) is 15.4. The number of likely N-dealkylation sites (tertiary alicyclic amines) is 1. The Kier molecular flexibility index (Phi) is 5.35. The van der Waals surface area contributed by atoms with Crippen LogP contribution in [-0.4, -0.2) is 60.0 Å². The molecular weight excluding hydrogens is 402 g/mol. The molecule has 0 saturated carbocycles. The summed E-state index contributed by atoms with van der Waals surface area (Å²) < 4.78 is 5.04. The topological polar surface area (TPSA) is 125 Å². The zero-order valence-corrected chi connectivity index (χ0v) is 17.9. The minimum atomic E-state index is -1.39. The van der Waals surface area contributed by atoms with Crippen molar-refractivity contribution in [3.05, 3.63) is 28.8 Å². The number of fused-ring (bicyclic) bond motifs is 4. The van der Waals surface area contributed by atoms with Crippen molar-refractivity contribution in [3.8, 4) is 0 Å². The van der Waals surface area contributed by atoms with Crippen LogP contribution < -0.4 is 10.6 Å². The first-order valence-electron chi connectivity index (χ1n) is 10.5. The molecule has 4 rings (SSSR count). The lowest BCUT2D eigenvalue weighted by molar-refractivity contribution is -0.143. The molecule has 4 unspecified atom stereocenters. The molecule has 2 saturated heterocycles. The van der Waals surface area contributed by atoms with Crippen LogP contribution in [0, 0.1) is 25.7 Å². The van der Waals surface area contributed by atoms with Crippen LogP contribution in [0.2, 0.25) is 0 Å². The fourth-order valence-corrected chi connectivity index (χ4v) is 5.43. The highest BCUT2D eigenvalue weighted by Gasteiger charge is 2.70. The molecule has 0 radical (unpaired) electrons. The molecule has 3 heterocycles. The maximum Gasteiger partial charge on any atom is 0.303 e. The fourth-order valence-electron chi connectivity index (χ4n) is 5.43. The van der Waals surface area contributed by atoms with Gasteiger partial charge in [0, 0.05) is 44.0 Å². The maximum absolute atomic E-state index is 13.5. The molecule has 0 aromatic heterocycles. The third-order valence-corrected chi connectivity index (χ3v) is 6.66. The number of aliphatic carboxylic acids is 1. The summed E-state index contributed by atoms with van der Waals surface area (Å²) >= 11 is 0. The van der Waals surface area contributed by atoms with E-state index in [1.807, 2.05) is 26.0 Å². The molecule has 166 valence electrons. The van der Waals surface area contributed by atoms with Gasteiger partial charge < -0.3 is 15.2 Å². The fraction of sp³-hybridized carbons (Fsp3) is 0.545. The van der Waals surface area contributed by atoms with Gasteiger partial charge in [0.15, 0.2) is 0 Å². The molecule has 0 aliphatic carbocycles. The average Bonchev–Trinajstić information content (AvgIpc) is 3.28. The summed E-state index contributed by atoms with van der Waals surface area (Å²) in [4.78, 5) is 52.6. The third-order valence-electron chi connectivity index (χ3n) is 6.66. The first kappa shape index (κ1) is 21.5. The van der Waals surface area contributed by atoms with Crippen LogP contribution in [0.5, 0.6) is 0 Å². The number of carboxylic acid groups (broad SMARTS) is 1. The molecule has 3 amide bonds. The largest absolute Gasteiger partial charge is 0.481 e. The molecule has 1 aromatic rings. The molecule has 3 aliphatic heterocycles. The van der Waals surface area contributed by atoms with Crippen LogP contribution in [0.15, 0.2) is 12.1 Å². The second kappa shape index (κ2) is 7.72. The number of ether oxygens (including phenoxy) is 1. The van der Waals surface area contributed by atoms with Crippen LogP contribution in [0.25, 0.3) is 0 Å². The standard InChI is InChI=1S/C22H27N3O6/c1-11-9-12(2)18-13(10-11)22(21(30)23-18)17-16(14(24-22)5-6-15(26)27)19(28)25(20(17)29)7-4-8-31-3/h9-10,14,16-17,24H,4-8H2,1-3H3,(H,23,30)(H,26,27). The van der Waals surface area contributed by atoms with Crippen molar-refractivity contribution in [2.75, 3.05) is 25.6 Å². The number of amides is 3. The highest BCUT2D eigenvalue weighted by molar-refractivity contribution is 6.15. The number of imide groups is 1. The molecule has 1 spiro atoms. The number of carbonyl (C=O) groups excluding carboxylic acids is 3. The van der Waals surface area contributed by atoms with E-state index in [0.29, 0.717) is 24.3 Å². The van der Waals surface area contributed by atoms with E-state index in [1.54, 1.807) is 7.11 Å². The van der Waals surface area contributed by atoms with Gasteiger partial charge in [-0.25, -0.2) is 0 Å². The van der Waals surface area contributed by atoms with Crippen molar-refractivity contribution in [2.45, 2.75) is 44.7 Å². The Morgan fingerprint density at radius 2 is 1.97 bits per heavy atom. The van der Waals surface area contributed by atoms with Gasteiger partial charge in [-0.1, -0.05) is 17.7 Å². The van der Waals surface area contributed by atoms with Gasteiger partial charge in [-0.2, -0.15) is 0 Å². The quantitative estimate of drug-likeness (QED) is 0.435. The molecule has 9 nitrogen and oxygen atoms in total. The lowest BCUT2D eigenvalue weighted by atomic mass is 9.75. The van der Waals surface area contributed by atoms with Crippen molar-refractivity contribution in [2.24, 2.45) is 11.8 Å². The van der Waals surface area contributed by atoms with Gasteiger partial charge in [0.1, 0.15) is 5.54 Å². The van der Waals surface area contributed by atoms with Crippen molar-refractivity contribution in [1.82, 2.24) is 10.2 Å². The van der Waals surface area contributed by atoms with Crippen LogP contribution in [0.1, 0.15) is 36.0 Å². The first-order valence-corrected chi connectivity index (χ1v) is 10.5. The molecule has 2 fully saturated rings. The lowest BCUT2D eigenvalue weighted by Gasteiger charge is -2.29. The number of anilines is 1. The second-order valence-corrected chi connectivity index (χ2v) is 8.63. The summed E-state index contributed by atoms with van der Waals surface area (Å²) in [5.41, 5.74) is 1.74. The van der Waals surface area contributed by atoms with Gasteiger partial charge in [0.2, 0.25) is 17.7 Å². The van der Waals surface area contributed by atoms with E-state index in [9.17, 15) is 24.3 Å². The number of hydrogen-bond donors (Lipinski definition) is 3. The van der Waals surface area contributed by atoms with E-state index < -0.39 is 35.3 Å². The smallest absolute Gasteiger partial charge is 0.303 e. The van der Waals surface area contributed by atoms with Crippen LogP contribution in [0.3, 0.4) is 0 Å². The number of hydrogen-bond acceptors (Lipinski definition) is 6. The van der Waals surface area contributed by atoms with Crippen LogP contribution in [0.4, 0.5) is 5.69 Å². The molecule has 1 aromatic carbocycles. The van der Waals surface area contributed by atoms with Crippen LogP contribution in [-0.2, 0) is 29.5 Å². The van der Waals surface area contributed by atoms with Gasteiger partial charge in [0.25, 0.3) is 0 Å². The zero-order valence-electron chi connectivity index (χ0n) is 17.9. The minimum absolute atomic E-state index is 0.149. The number of benzene rings is 1. The Labute approximate surface area is 180 Å². The monoisotopic (exact) mass is 429 g/mol. The van der Waals surface area contributed by atoms with Crippen molar-refractivity contribution in [1.29, 1.82) is 0 Å². The first-order chi connectivity index (χ1) is 14.7. The third kappa shape index (κ3) is 3.14. The Morgan fingerprint density at radius 3 is 2.65 bits per heavy atom. The Balaban J connectivity index is 1.80. The number of carboxylic acids is 1. The molecule has 9 heteroatoms. The van der Waals surface area contributed by atoms with Crippen molar-refractivity contribution in [3.63, 3.8) is 0 Å². The summed E-state index contributed by atoms with van der Waals surface area (Å²) in [6.45, 7) is 4.41. The van der Waals surface area contributed by atoms with E-state index in [2.05, 4.69) is 10.6 Å². The number of carbonyl (C=O) groups is 4. The SMILES string of the molecule is COCCCN1C(=O)C2C(CCC(=O)O)NC3(C(=O)Nc4c(C)cc(C)cc43)C2C1=O. The van der Waals surface area contributed by atoms with E-state index in [-0.39, 0.29) is 31.2 Å².